The Kier molecular flexibility index (Phi) is 5.07. The molecule has 2 aromatic carbocycles. The van der Waals surface area contributed by atoms with Gasteiger partial charge in [0.2, 0.25) is 0 Å². The standard InChI is InChI=1S/C21H18N4OS/c26-20(19-15-27-21(24-19)17-5-2-1-3-6-17)22-13-11-16-7-9-18(10-8-16)25-14-4-12-23-25/h1-10,12,14-15H,11,13H2,(H,22,26). The Bertz CT molecular complexity index is 1010. The molecule has 1 amide bonds. The predicted octanol–water partition coefficient (Wildman–Crippen LogP) is 3.97. The molecule has 27 heavy (non-hydrogen) atoms. The largest absolute Gasteiger partial charge is 0.350 e. The third-order valence-electron chi connectivity index (χ3n) is 4.16. The molecule has 0 spiro atoms. The van der Waals surface area contributed by atoms with Gasteiger partial charge >= 0.3 is 0 Å². The molecule has 134 valence electrons. The van der Waals surface area contributed by atoms with Crippen molar-refractivity contribution in [3.05, 3.63) is 89.7 Å². The van der Waals surface area contributed by atoms with Crippen molar-refractivity contribution in [2.45, 2.75) is 6.42 Å². The number of hydrogen-bond acceptors (Lipinski definition) is 4. The maximum Gasteiger partial charge on any atom is 0.270 e. The van der Waals surface area contributed by atoms with Crippen LogP contribution in [0.2, 0.25) is 0 Å². The molecule has 0 bridgehead atoms. The van der Waals surface area contributed by atoms with Crippen molar-refractivity contribution in [3.8, 4) is 16.3 Å². The van der Waals surface area contributed by atoms with Crippen molar-refractivity contribution >= 4 is 17.2 Å². The topological polar surface area (TPSA) is 59.8 Å². The van der Waals surface area contributed by atoms with E-state index in [2.05, 4.69) is 27.5 Å². The van der Waals surface area contributed by atoms with Crippen LogP contribution < -0.4 is 5.32 Å². The monoisotopic (exact) mass is 374 g/mol. The highest BCUT2D eigenvalue weighted by Crippen LogP contribution is 2.23. The molecule has 6 heteroatoms. The summed E-state index contributed by atoms with van der Waals surface area (Å²) >= 11 is 1.48. The van der Waals surface area contributed by atoms with Crippen LogP contribution in [0.4, 0.5) is 0 Å². The molecule has 0 saturated heterocycles. The Morgan fingerprint density at radius 2 is 1.85 bits per heavy atom. The third-order valence-corrected chi connectivity index (χ3v) is 5.05. The van der Waals surface area contributed by atoms with E-state index in [4.69, 9.17) is 0 Å². The number of aromatic nitrogens is 3. The van der Waals surface area contributed by atoms with Crippen molar-refractivity contribution in [2.24, 2.45) is 0 Å². The second-order valence-corrected chi connectivity index (χ2v) is 6.89. The third kappa shape index (κ3) is 4.12. The Labute approximate surface area is 161 Å². The molecular formula is C21H18N4OS. The Morgan fingerprint density at radius 1 is 1.04 bits per heavy atom. The fourth-order valence-corrected chi connectivity index (χ4v) is 3.55. The van der Waals surface area contributed by atoms with Crippen LogP contribution in [0.1, 0.15) is 16.1 Å². The van der Waals surface area contributed by atoms with Gasteiger partial charge in [-0.2, -0.15) is 5.10 Å². The summed E-state index contributed by atoms with van der Waals surface area (Å²) in [5, 5.41) is 9.81. The summed E-state index contributed by atoms with van der Waals surface area (Å²) in [4.78, 5) is 16.8. The summed E-state index contributed by atoms with van der Waals surface area (Å²) in [6.45, 7) is 0.568. The van der Waals surface area contributed by atoms with E-state index in [1.165, 1.54) is 11.3 Å². The molecule has 2 heterocycles. The SMILES string of the molecule is O=C(NCCc1ccc(-n2cccn2)cc1)c1csc(-c2ccccc2)n1. The fraction of sp³-hybridized carbons (Fsp3) is 0.0952. The molecule has 0 aliphatic rings. The molecule has 0 unspecified atom stereocenters. The molecule has 0 aliphatic carbocycles. The number of amides is 1. The number of rotatable bonds is 6. The van der Waals surface area contributed by atoms with Gasteiger partial charge in [-0.15, -0.1) is 11.3 Å². The summed E-state index contributed by atoms with van der Waals surface area (Å²) in [7, 11) is 0. The second kappa shape index (κ2) is 7.97. The van der Waals surface area contributed by atoms with Gasteiger partial charge in [0.05, 0.1) is 5.69 Å². The average Bonchev–Trinajstić information content (AvgIpc) is 3.41. The molecule has 0 fully saturated rings. The Morgan fingerprint density at radius 3 is 2.59 bits per heavy atom. The van der Waals surface area contributed by atoms with Crippen LogP contribution in [0.3, 0.4) is 0 Å². The predicted molar refractivity (Wildman–Crippen MR) is 107 cm³/mol. The summed E-state index contributed by atoms with van der Waals surface area (Å²) < 4.78 is 1.82. The minimum Gasteiger partial charge on any atom is -0.350 e. The molecule has 2 aromatic heterocycles. The van der Waals surface area contributed by atoms with E-state index in [0.29, 0.717) is 12.2 Å². The molecule has 1 N–H and O–H groups in total. The molecule has 0 radical (unpaired) electrons. The van der Waals surface area contributed by atoms with E-state index < -0.39 is 0 Å². The minimum atomic E-state index is -0.137. The number of thiazole rings is 1. The quantitative estimate of drug-likeness (QED) is 0.556. The zero-order chi connectivity index (χ0) is 18.5. The first kappa shape index (κ1) is 17.2. The number of nitrogens with zero attached hydrogens (tertiary/aromatic N) is 3. The number of nitrogens with one attached hydrogen (secondary N) is 1. The van der Waals surface area contributed by atoms with Crippen LogP contribution in [0.15, 0.2) is 78.4 Å². The number of hydrogen-bond donors (Lipinski definition) is 1. The minimum absolute atomic E-state index is 0.137. The first-order chi connectivity index (χ1) is 13.3. The highest BCUT2D eigenvalue weighted by atomic mass is 32.1. The van der Waals surface area contributed by atoms with Crippen LogP contribution in [0, 0.1) is 0 Å². The van der Waals surface area contributed by atoms with Gasteiger partial charge in [0.1, 0.15) is 10.7 Å². The van der Waals surface area contributed by atoms with Crippen molar-refractivity contribution in [2.75, 3.05) is 6.54 Å². The molecular weight excluding hydrogens is 356 g/mol. The van der Waals surface area contributed by atoms with Gasteiger partial charge in [0.25, 0.3) is 5.91 Å². The lowest BCUT2D eigenvalue weighted by molar-refractivity contribution is 0.0950. The summed E-state index contributed by atoms with van der Waals surface area (Å²) in [5.74, 6) is -0.137. The van der Waals surface area contributed by atoms with Crippen molar-refractivity contribution in [1.29, 1.82) is 0 Å². The van der Waals surface area contributed by atoms with E-state index >= 15 is 0 Å². The van der Waals surface area contributed by atoms with Crippen molar-refractivity contribution in [1.82, 2.24) is 20.1 Å². The average molecular weight is 374 g/mol. The Hall–Kier alpha value is -3.25. The van der Waals surface area contributed by atoms with Crippen LogP contribution in [-0.4, -0.2) is 27.2 Å². The van der Waals surface area contributed by atoms with Gasteiger partial charge in [-0.3, -0.25) is 4.79 Å². The number of benzene rings is 2. The smallest absolute Gasteiger partial charge is 0.270 e. The van der Waals surface area contributed by atoms with Gasteiger partial charge in [-0.1, -0.05) is 42.5 Å². The van der Waals surface area contributed by atoms with Gasteiger partial charge in [0.15, 0.2) is 0 Å². The lowest BCUT2D eigenvalue weighted by Crippen LogP contribution is -2.25. The first-order valence-corrected chi connectivity index (χ1v) is 9.56. The van der Waals surface area contributed by atoms with Crippen LogP contribution in [-0.2, 0) is 6.42 Å². The summed E-state index contributed by atoms with van der Waals surface area (Å²) in [6, 6.07) is 19.9. The fourth-order valence-electron chi connectivity index (χ4n) is 2.74. The molecule has 4 rings (SSSR count). The van der Waals surface area contributed by atoms with Crippen LogP contribution >= 0.6 is 11.3 Å². The second-order valence-electron chi connectivity index (χ2n) is 6.03. The van der Waals surface area contributed by atoms with Crippen LogP contribution in [0.25, 0.3) is 16.3 Å². The van der Waals surface area contributed by atoms with E-state index in [-0.39, 0.29) is 5.91 Å². The zero-order valence-electron chi connectivity index (χ0n) is 14.6. The van der Waals surface area contributed by atoms with E-state index in [1.807, 2.05) is 59.4 Å². The van der Waals surface area contributed by atoms with E-state index in [1.54, 1.807) is 11.6 Å². The van der Waals surface area contributed by atoms with Gasteiger partial charge < -0.3 is 5.32 Å². The first-order valence-electron chi connectivity index (χ1n) is 8.68. The van der Waals surface area contributed by atoms with Crippen LogP contribution in [0.5, 0.6) is 0 Å². The Balaban J connectivity index is 1.31. The highest BCUT2D eigenvalue weighted by molar-refractivity contribution is 7.13. The number of carbonyl (C=O) groups excluding carboxylic acids is 1. The molecule has 0 atom stereocenters. The maximum atomic E-state index is 12.3. The lowest BCUT2D eigenvalue weighted by Gasteiger charge is -2.06. The molecule has 5 nitrogen and oxygen atoms in total. The van der Waals surface area contributed by atoms with Crippen molar-refractivity contribution < 1.29 is 4.79 Å². The summed E-state index contributed by atoms with van der Waals surface area (Å²) in [6.07, 6.45) is 4.43. The summed E-state index contributed by atoms with van der Waals surface area (Å²) in [5.41, 5.74) is 3.67. The lowest BCUT2D eigenvalue weighted by atomic mass is 10.1. The number of carbonyl (C=O) groups is 1. The van der Waals surface area contributed by atoms with E-state index in [0.717, 1.165) is 28.2 Å². The molecule has 0 aliphatic heterocycles. The zero-order valence-corrected chi connectivity index (χ0v) is 15.4. The van der Waals surface area contributed by atoms with Gasteiger partial charge in [0, 0.05) is 29.9 Å². The van der Waals surface area contributed by atoms with Gasteiger partial charge in [-0.25, -0.2) is 9.67 Å². The maximum absolute atomic E-state index is 12.3. The van der Waals surface area contributed by atoms with Crippen molar-refractivity contribution in [3.63, 3.8) is 0 Å². The van der Waals surface area contributed by atoms with Gasteiger partial charge in [-0.05, 0) is 30.2 Å². The highest BCUT2D eigenvalue weighted by Gasteiger charge is 2.11. The molecule has 0 saturated carbocycles. The van der Waals surface area contributed by atoms with E-state index in [9.17, 15) is 4.79 Å². The molecule has 4 aromatic rings. The normalized spacial score (nSPS) is 10.7.